The van der Waals surface area contributed by atoms with Crippen molar-refractivity contribution in [3.8, 4) is 0 Å². The Hall–Kier alpha value is -2.34. The van der Waals surface area contributed by atoms with Gasteiger partial charge >= 0.3 is 0 Å². The second-order valence-corrected chi connectivity index (χ2v) is 7.34. The second kappa shape index (κ2) is 8.35. The number of aliphatic imine (C=N–C) groups is 1. The smallest absolute Gasteiger partial charge is 0.242 e. The van der Waals surface area contributed by atoms with Gasteiger partial charge in [0.05, 0.1) is 28.9 Å². The van der Waals surface area contributed by atoms with E-state index in [0.717, 1.165) is 16.5 Å². The zero-order chi connectivity index (χ0) is 19.5. The number of para-hydroxylation sites is 1. The predicted octanol–water partition coefficient (Wildman–Crippen LogP) is 4.56. The first-order valence-electron chi connectivity index (χ1n) is 9.05. The molecule has 5 nitrogen and oxygen atoms in total. The van der Waals surface area contributed by atoms with Gasteiger partial charge in [-0.15, -0.1) is 0 Å². The van der Waals surface area contributed by atoms with Crippen LogP contribution >= 0.6 is 23.2 Å². The summed E-state index contributed by atoms with van der Waals surface area (Å²) < 4.78 is 7.29. The van der Waals surface area contributed by atoms with Crippen LogP contribution < -0.4 is 0 Å². The summed E-state index contributed by atoms with van der Waals surface area (Å²) in [6.07, 6.45) is 3.71. The summed E-state index contributed by atoms with van der Waals surface area (Å²) >= 11 is 12.3. The van der Waals surface area contributed by atoms with Crippen LogP contribution in [-0.4, -0.2) is 47.9 Å². The van der Waals surface area contributed by atoms with Gasteiger partial charge in [0.15, 0.2) is 0 Å². The summed E-state index contributed by atoms with van der Waals surface area (Å²) in [7, 11) is 0. The average molecular weight is 416 g/mol. The van der Waals surface area contributed by atoms with E-state index in [1.165, 1.54) is 0 Å². The highest BCUT2D eigenvalue weighted by molar-refractivity contribution is 6.43. The van der Waals surface area contributed by atoms with Crippen LogP contribution in [0.25, 0.3) is 10.9 Å². The number of hydrogen-bond donors (Lipinski definition) is 0. The van der Waals surface area contributed by atoms with E-state index < -0.39 is 0 Å². The Balaban J connectivity index is 1.63. The number of aromatic nitrogens is 1. The average Bonchev–Trinajstić information content (AvgIpc) is 3.07. The lowest BCUT2D eigenvalue weighted by atomic mass is 10.2. The maximum atomic E-state index is 12.7. The third kappa shape index (κ3) is 3.92. The van der Waals surface area contributed by atoms with Crippen molar-refractivity contribution >= 4 is 51.9 Å². The van der Waals surface area contributed by atoms with Gasteiger partial charge in [0.25, 0.3) is 0 Å². The molecule has 2 aromatic carbocycles. The largest absolute Gasteiger partial charge is 0.378 e. The van der Waals surface area contributed by atoms with E-state index in [1.807, 2.05) is 52.1 Å². The fourth-order valence-corrected chi connectivity index (χ4v) is 3.64. The van der Waals surface area contributed by atoms with Gasteiger partial charge in [-0.2, -0.15) is 0 Å². The number of halogens is 2. The molecule has 7 heteroatoms. The molecular weight excluding hydrogens is 397 g/mol. The van der Waals surface area contributed by atoms with E-state index >= 15 is 0 Å². The minimum Gasteiger partial charge on any atom is -0.378 e. The van der Waals surface area contributed by atoms with Crippen LogP contribution in [0.2, 0.25) is 10.0 Å². The van der Waals surface area contributed by atoms with E-state index in [-0.39, 0.29) is 12.5 Å². The normalized spacial score (nSPS) is 14.9. The Labute approximate surface area is 173 Å². The Bertz CT molecular complexity index is 1040. The number of fused-ring (bicyclic) bond motifs is 1. The zero-order valence-electron chi connectivity index (χ0n) is 15.1. The molecule has 0 aliphatic carbocycles. The first-order chi connectivity index (χ1) is 13.6. The monoisotopic (exact) mass is 415 g/mol. The van der Waals surface area contributed by atoms with Crippen molar-refractivity contribution in [3.05, 3.63) is 64.3 Å². The molecule has 0 radical (unpaired) electrons. The fourth-order valence-electron chi connectivity index (χ4n) is 3.30. The zero-order valence-corrected chi connectivity index (χ0v) is 16.7. The van der Waals surface area contributed by atoms with E-state index in [9.17, 15) is 4.79 Å². The van der Waals surface area contributed by atoms with E-state index in [0.29, 0.717) is 42.0 Å². The van der Waals surface area contributed by atoms with Crippen molar-refractivity contribution in [1.82, 2.24) is 9.47 Å². The molecule has 1 aromatic heterocycles. The van der Waals surface area contributed by atoms with Crippen LogP contribution in [0.4, 0.5) is 5.69 Å². The summed E-state index contributed by atoms with van der Waals surface area (Å²) in [6, 6.07) is 13.3. The minimum atomic E-state index is 0.0884. The van der Waals surface area contributed by atoms with Crippen molar-refractivity contribution in [1.29, 1.82) is 0 Å². The van der Waals surface area contributed by atoms with Gasteiger partial charge in [-0.25, -0.2) is 0 Å². The van der Waals surface area contributed by atoms with Crippen LogP contribution in [0.1, 0.15) is 5.56 Å². The van der Waals surface area contributed by atoms with Crippen molar-refractivity contribution in [2.24, 2.45) is 4.99 Å². The molecule has 2 heterocycles. The van der Waals surface area contributed by atoms with Crippen molar-refractivity contribution in [3.63, 3.8) is 0 Å². The molecule has 1 saturated heterocycles. The standard InChI is InChI=1S/C21H19Cl2N3O2/c22-17-5-3-6-18(21(17)23)24-12-15-13-26(19-7-2-1-4-16(15)19)14-20(27)25-8-10-28-11-9-25/h1-7,12-13H,8-11,14H2. The maximum absolute atomic E-state index is 12.7. The van der Waals surface area contributed by atoms with Gasteiger partial charge in [0, 0.05) is 42.0 Å². The molecule has 0 atom stereocenters. The van der Waals surface area contributed by atoms with Gasteiger partial charge in [-0.3, -0.25) is 9.79 Å². The first-order valence-corrected chi connectivity index (χ1v) is 9.80. The van der Waals surface area contributed by atoms with Crippen molar-refractivity contribution in [2.45, 2.75) is 6.54 Å². The van der Waals surface area contributed by atoms with Crippen LogP contribution in [0.5, 0.6) is 0 Å². The van der Waals surface area contributed by atoms with Crippen LogP contribution in [-0.2, 0) is 16.1 Å². The SMILES string of the molecule is O=C(Cn1cc(C=Nc2cccc(Cl)c2Cl)c2ccccc21)N1CCOCC1. The van der Waals surface area contributed by atoms with Crippen molar-refractivity contribution < 1.29 is 9.53 Å². The molecule has 1 fully saturated rings. The lowest BCUT2D eigenvalue weighted by molar-refractivity contribution is -0.135. The molecule has 0 N–H and O–H groups in total. The molecule has 0 saturated carbocycles. The molecule has 144 valence electrons. The highest BCUT2D eigenvalue weighted by Gasteiger charge is 2.18. The third-order valence-corrected chi connectivity index (χ3v) is 5.57. The van der Waals surface area contributed by atoms with Gasteiger partial charge in [0.1, 0.15) is 6.54 Å². The van der Waals surface area contributed by atoms with Crippen LogP contribution in [0.15, 0.2) is 53.7 Å². The molecule has 3 aromatic rings. The quantitative estimate of drug-likeness (QED) is 0.586. The first kappa shape index (κ1) is 19.0. The lowest BCUT2D eigenvalue weighted by Crippen LogP contribution is -2.42. The number of amides is 1. The lowest BCUT2D eigenvalue weighted by Gasteiger charge is -2.27. The molecule has 0 bridgehead atoms. The summed E-state index contributed by atoms with van der Waals surface area (Å²) in [4.78, 5) is 19.0. The summed E-state index contributed by atoms with van der Waals surface area (Å²) in [5.41, 5.74) is 2.51. The van der Waals surface area contributed by atoms with Crippen molar-refractivity contribution in [2.75, 3.05) is 26.3 Å². The summed E-state index contributed by atoms with van der Waals surface area (Å²) in [6.45, 7) is 2.75. The minimum absolute atomic E-state index is 0.0884. The van der Waals surface area contributed by atoms with Crippen LogP contribution in [0.3, 0.4) is 0 Å². The highest BCUT2D eigenvalue weighted by atomic mass is 35.5. The summed E-state index contributed by atoms with van der Waals surface area (Å²) in [5, 5.41) is 1.92. The second-order valence-electron chi connectivity index (χ2n) is 6.55. The number of morpholine rings is 1. The predicted molar refractivity (Wildman–Crippen MR) is 113 cm³/mol. The number of hydrogen-bond acceptors (Lipinski definition) is 3. The van der Waals surface area contributed by atoms with E-state index in [4.69, 9.17) is 27.9 Å². The number of carbonyl (C=O) groups is 1. The third-order valence-electron chi connectivity index (χ3n) is 4.76. The number of nitrogens with zero attached hydrogens (tertiary/aromatic N) is 3. The Morgan fingerprint density at radius 2 is 1.89 bits per heavy atom. The van der Waals surface area contributed by atoms with Gasteiger partial charge in [-0.05, 0) is 18.2 Å². The molecule has 0 spiro atoms. The Morgan fingerprint density at radius 3 is 2.71 bits per heavy atom. The molecule has 4 rings (SSSR count). The molecule has 1 aliphatic heterocycles. The molecule has 1 amide bonds. The number of rotatable bonds is 4. The number of carbonyl (C=O) groups excluding carboxylic acids is 1. The Kier molecular flexibility index (Phi) is 5.67. The maximum Gasteiger partial charge on any atom is 0.242 e. The van der Waals surface area contributed by atoms with E-state index in [2.05, 4.69) is 4.99 Å². The van der Waals surface area contributed by atoms with Crippen LogP contribution in [0, 0.1) is 0 Å². The number of ether oxygens (including phenoxy) is 1. The van der Waals surface area contributed by atoms with Gasteiger partial charge in [0.2, 0.25) is 5.91 Å². The molecular formula is C21H19Cl2N3O2. The number of benzene rings is 2. The summed E-state index contributed by atoms with van der Waals surface area (Å²) in [5.74, 6) is 0.0884. The highest BCUT2D eigenvalue weighted by Crippen LogP contribution is 2.32. The van der Waals surface area contributed by atoms with E-state index in [1.54, 1.807) is 12.3 Å². The van der Waals surface area contributed by atoms with Gasteiger partial charge in [-0.1, -0.05) is 47.5 Å². The van der Waals surface area contributed by atoms with Gasteiger partial charge < -0.3 is 14.2 Å². The fraction of sp³-hybridized carbons (Fsp3) is 0.238. The topological polar surface area (TPSA) is 46.8 Å². The molecule has 0 unspecified atom stereocenters. The molecule has 28 heavy (non-hydrogen) atoms. The Morgan fingerprint density at radius 1 is 1.11 bits per heavy atom. The molecule has 1 aliphatic rings.